The van der Waals surface area contributed by atoms with Crippen molar-refractivity contribution in [3.8, 4) is 5.69 Å². The molecule has 1 heterocycles. The van der Waals surface area contributed by atoms with Gasteiger partial charge in [0.1, 0.15) is 5.69 Å². The van der Waals surface area contributed by atoms with Gasteiger partial charge in [-0.1, -0.05) is 36.4 Å². The minimum Gasteiger partial charge on any atom is -0.462 e. The molecule has 0 aliphatic carbocycles. The van der Waals surface area contributed by atoms with E-state index in [1.807, 2.05) is 54.6 Å². The van der Waals surface area contributed by atoms with Gasteiger partial charge in [-0.15, -0.1) is 0 Å². The lowest BCUT2D eigenvalue weighted by atomic mass is 10.1. The summed E-state index contributed by atoms with van der Waals surface area (Å²) in [5, 5.41) is 0.715. The topological polar surface area (TPSA) is 48.3 Å². The molecule has 0 N–H and O–H groups in total. The normalized spacial score (nSPS) is 10.6. The Morgan fingerprint density at radius 2 is 1.77 bits per heavy atom. The lowest BCUT2D eigenvalue weighted by Gasteiger charge is -2.07. The monoisotopic (exact) mass is 293 g/mol. The van der Waals surface area contributed by atoms with Crippen molar-refractivity contribution >= 4 is 23.2 Å². The smallest absolute Gasteiger partial charge is 0.341 e. The molecule has 0 fully saturated rings. The van der Waals surface area contributed by atoms with Crippen LogP contribution >= 0.6 is 0 Å². The highest BCUT2D eigenvalue weighted by Gasteiger charge is 2.23. The van der Waals surface area contributed by atoms with Gasteiger partial charge in [0.05, 0.1) is 17.7 Å². The van der Waals surface area contributed by atoms with Crippen LogP contribution in [0.2, 0.25) is 0 Å². The predicted octanol–water partition coefficient (Wildman–Crippen LogP) is 3.62. The van der Waals surface area contributed by atoms with Crippen LogP contribution in [0.5, 0.6) is 0 Å². The second-order valence-corrected chi connectivity index (χ2v) is 4.79. The molecule has 1 aromatic heterocycles. The Hall–Kier alpha value is -2.88. The summed E-state index contributed by atoms with van der Waals surface area (Å²) in [6.45, 7) is 2.01. The van der Waals surface area contributed by atoms with E-state index in [2.05, 4.69) is 0 Å². The van der Waals surface area contributed by atoms with Gasteiger partial charge in [0.15, 0.2) is 6.29 Å². The molecule has 0 aliphatic heterocycles. The summed E-state index contributed by atoms with van der Waals surface area (Å²) in [4.78, 5) is 24.0. The van der Waals surface area contributed by atoms with Gasteiger partial charge in [-0.25, -0.2) is 4.79 Å². The van der Waals surface area contributed by atoms with E-state index < -0.39 is 5.97 Å². The van der Waals surface area contributed by atoms with Gasteiger partial charge in [-0.3, -0.25) is 4.79 Å². The van der Waals surface area contributed by atoms with Crippen LogP contribution in [0.4, 0.5) is 0 Å². The highest BCUT2D eigenvalue weighted by Crippen LogP contribution is 2.29. The molecule has 0 radical (unpaired) electrons. The van der Waals surface area contributed by atoms with E-state index in [0.29, 0.717) is 22.9 Å². The van der Waals surface area contributed by atoms with Crippen LogP contribution in [0.15, 0.2) is 54.6 Å². The Balaban J connectivity index is 2.37. The summed E-state index contributed by atoms with van der Waals surface area (Å²) < 4.78 is 6.90. The number of nitrogens with zero attached hydrogens (tertiary/aromatic N) is 1. The highest BCUT2D eigenvalue weighted by molar-refractivity contribution is 6.11. The molecule has 0 unspecified atom stereocenters. The zero-order valence-corrected chi connectivity index (χ0v) is 12.2. The van der Waals surface area contributed by atoms with Gasteiger partial charge >= 0.3 is 5.97 Å². The summed E-state index contributed by atoms with van der Waals surface area (Å²) in [5.41, 5.74) is 2.26. The molecule has 4 nitrogen and oxygen atoms in total. The minimum atomic E-state index is -0.476. The summed E-state index contributed by atoms with van der Waals surface area (Å²) in [6, 6.07) is 16.9. The van der Waals surface area contributed by atoms with Crippen molar-refractivity contribution in [2.75, 3.05) is 6.61 Å². The second-order valence-electron chi connectivity index (χ2n) is 4.79. The van der Waals surface area contributed by atoms with E-state index in [1.54, 1.807) is 11.5 Å². The van der Waals surface area contributed by atoms with Crippen LogP contribution in [0.25, 0.3) is 16.6 Å². The summed E-state index contributed by atoms with van der Waals surface area (Å²) in [5.74, 6) is -0.476. The van der Waals surface area contributed by atoms with Crippen LogP contribution < -0.4 is 0 Å². The van der Waals surface area contributed by atoms with Crippen molar-refractivity contribution < 1.29 is 14.3 Å². The van der Waals surface area contributed by atoms with Crippen molar-refractivity contribution in [2.45, 2.75) is 6.92 Å². The van der Waals surface area contributed by atoms with Crippen LogP contribution in [0.1, 0.15) is 27.8 Å². The highest BCUT2D eigenvalue weighted by atomic mass is 16.5. The third-order valence-corrected chi connectivity index (χ3v) is 3.52. The van der Waals surface area contributed by atoms with Gasteiger partial charge in [-0.05, 0) is 25.1 Å². The molecule has 0 spiro atoms. The number of carbonyl (C=O) groups is 2. The third kappa shape index (κ3) is 2.19. The first-order valence-corrected chi connectivity index (χ1v) is 7.09. The molecule has 2 aromatic carbocycles. The van der Waals surface area contributed by atoms with Gasteiger partial charge < -0.3 is 9.30 Å². The second kappa shape index (κ2) is 5.85. The van der Waals surface area contributed by atoms with Gasteiger partial charge in [0, 0.05) is 11.1 Å². The van der Waals surface area contributed by atoms with E-state index >= 15 is 0 Å². The average Bonchev–Trinajstić information content (AvgIpc) is 2.90. The Bertz CT molecular complexity index is 834. The lowest BCUT2D eigenvalue weighted by molar-refractivity contribution is 0.0526. The molecular weight excluding hydrogens is 278 g/mol. The molecule has 0 atom stereocenters. The molecule has 3 aromatic rings. The average molecular weight is 293 g/mol. The van der Waals surface area contributed by atoms with Crippen molar-refractivity contribution in [3.05, 3.63) is 65.9 Å². The van der Waals surface area contributed by atoms with Crippen LogP contribution in [-0.4, -0.2) is 23.4 Å². The maximum Gasteiger partial charge on any atom is 0.341 e. The third-order valence-electron chi connectivity index (χ3n) is 3.52. The number of fused-ring (bicyclic) bond motifs is 1. The molecule has 3 rings (SSSR count). The molecular formula is C18H15NO3. The standard InChI is InChI=1S/C18H15NO3/c1-2-22-18(21)17-14-10-6-7-11-15(14)19(16(17)12-20)13-8-4-3-5-9-13/h3-12H,2H2,1H3. The fourth-order valence-corrected chi connectivity index (χ4v) is 2.64. The van der Waals surface area contributed by atoms with E-state index in [9.17, 15) is 9.59 Å². The van der Waals surface area contributed by atoms with E-state index in [1.165, 1.54) is 0 Å². The molecule has 0 saturated carbocycles. The Morgan fingerprint density at radius 3 is 2.45 bits per heavy atom. The SMILES string of the molecule is CCOC(=O)c1c(C=O)n(-c2ccccc2)c2ccccc12. The van der Waals surface area contributed by atoms with Gasteiger partial charge in [-0.2, -0.15) is 0 Å². The Morgan fingerprint density at radius 1 is 1.09 bits per heavy atom. The Labute approximate surface area is 127 Å². The van der Waals surface area contributed by atoms with Gasteiger partial charge in [0.2, 0.25) is 0 Å². The number of para-hydroxylation sites is 2. The zero-order chi connectivity index (χ0) is 15.5. The van der Waals surface area contributed by atoms with Crippen molar-refractivity contribution in [1.82, 2.24) is 4.57 Å². The number of hydrogen-bond donors (Lipinski definition) is 0. The summed E-state index contributed by atoms with van der Waals surface area (Å²) in [6.07, 6.45) is 0.708. The number of benzene rings is 2. The largest absolute Gasteiger partial charge is 0.462 e. The summed E-state index contributed by atoms with van der Waals surface area (Å²) in [7, 11) is 0. The first kappa shape index (κ1) is 14.1. The van der Waals surface area contributed by atoms with Crippen LogP contribution in [0, 0.1) is 0 Å². The number of ether oxygens (including phenoxy) is 1. The number of rotatable bonds is 4. The quantitative estimate of drug-likeness (QED) is 0.545. The fraction of sp³-hybridized carbons (Fsp3) is 0.111. The number of hydrogen-bond acceptors (Lipinski definition) is 3. The first-order valence-electron chi connectivity index (χ1n) is 7.09. The minimum absolute atomic E-state index is 0.266. The van der Waals surface area contributed by atoms with Crippen molar-refractivity contribution in [3.63, 3.8) is 0 Å². The van der Waals surface area contributed by atoms with Gasteiger partial charge in [0.25, 0.3) is 0 Å². The van der Waals surface area contributed by atoms with E-state index in [-0.39, 0.29) is 6.61 Å². The molecule has 22 heavy (non-hydrogen) atoms. The van der Waals surface area contributed by atoms with Crippen LogP contribution in [0.3, 0.4) is 0 Å². The molecule has 110 valence electrons. The van der Waals surface area contributed by atoms with E-state index in [4.69, 9.17) is 4.74 Å². The van der Waals surface area contributed by atoms with Crippen molar-refractivity contribution in [2.24, 2.45) is 0 Å². The fourth-order valence-electron chi connectivity index (χ4n) is 2.64. The number of carbonyl (C=O) groups excluding carboxylic acids is 2. The molecule has 0 aliphatic rings. The zero-order valence-electron chi connectivity index (χ0n) is 12.2. The van der Waals surface area contributed by atoms with Crippen molar-refractivity contribution in [1.29, 1.82) is 0 Å². The molecule has 0 bridgehead atoms. The Kier molecular flexibility index (Phi) is 3.74. The summed E-state index contributed by atoms with van der Waals surface area (Å²) >= 11 is 0. The van der Waals surface area contributed by atoms with Crippen LogP contribution in [-0.2, 0) is 4.74 Å². The molecule has 4 heteroatoms. The maximum absolute atomic E-state index is 12.3. The maximum atomic E-state index is 12.3. The van der Waals surface area contributed by atoms with E-state index in [0.717, 1.165) is 11.2 Å². The lowest BCUT2D eigenvalue weighted by Crippen LogP contribution is -2.09. The number of esters is 1. The molecule has 0 amide bonds. The molecule has 0 saturated heterocycles. The number of aldehydes is 1. The predicted molar refractivity (Wildman–Crippen MR) is 84.6 cm³/mol. The first-order chi connectivity index (χ1) is 10.8. The number of aromatic nitrogens is 1.